The van der Waals surface area contributed by atoms with Gasteiger partial charge in [-0.05, 0) is 31.5 Å². The van der Waals surface area contributed by atoms with E-state index in [0.717, 1.165) is 5.69 Å². The van der Waals surface area contributed by atoms with Crippen LogP contribution in [0.15, 0.2) is 33.5 Å². The van der Waals surface area contributed by atoms with Crippen molar-refractivity contribution in [2.24, 2.45) is 0 Å². The van der Waals surface area contributed by atoms with E-state index in [9.17, 15) is 9.59 Å². The van der Waals surface area contributed by atoms with Gasteiger partial charge in [0.15, 0.2) is 0 Å². The van der Waals surface area contributed by atoms with Gasteiger partial charge in [-0.2, -0.15) is 0 Å². The molecule has 1 heterocycles. The molecule has 0 saturated heterocycles. The second-order valence-corrected chi connectivity index (χ2v) is 4.67. The molecule has 0 aliphatic carbocycles. The molecule has 0 fully saturated rings. The number of hydrogen-bond acceptors (Lipinski definition) is 4. The molecular weight excluding hydrogens is 246 g/mol. The van der Waals surface area contributed by atoms with Gasteiger partial charge >= 0.3 is 11.6 Å². The van der Waals surface area contributed by atoms with Crippen molar-refractivity contribution in [3.63, 3.8) is 0 Å². The SMILES string of the molecule is CC(C)Nc1ccc2c(CC(=O)O)cc(=O)oc2c1. The number of hydrogen-bond donors (Lipinski definition) is 2. The lowest BCUT2D eigenvalue weighted by atomic mass is 10.1. The van der Waals surface area contributed by atoms with E-state index in [4.69, 9.17) is 9.52 Å². The Labute approximate surface area is 109 Å². The third-order valence-electron chi connectivity index (χ3n) is 2.63. The van der Waals surface area contributed by atoms with Gasteiger partial charge in [0.2, 0.25) is 0 Å². The number of anilines is 1. The topological polar surface area (TPSA) is 79.5 Å². The van der Waals surface area contributed by atoms with Gasteiger partial charge in [0.1, 0.15) is 5.58 Å². The third-order valence-corrected chi connectivity index (χ3v) is 2.63. The summed E-state index contributed by atoms with van der Waals surface area (Å²) in [6.45, 7) is 4.00. The molecule has 1 aromatic carbocycles. The normalized spacial score (nSPS) is 10.9. The first-order valence-electron chi connectivity index (χ1n) is 6.01. The van der Waals surface area contributed by atoms with Crippen LogP contribution in [0.3, 0.4) is 0 Å². The van der Waals surface area contributed by atoms with Crippen molar-refractivity contribution < 1.29 is 14.3 Å². The Kier molecular flexibility index (Phi) is 3.55. The van der Waals surface area contributed by atoms with Crippen molar-refractivity contribution in [3.05, 3.63) is 40.2 Å². The molecule has 2 aromatic rings. The first-order valence-corrected chi connectivity index (χ1v) is 6.01. The molecule has 0 aliphatic rings. The minimum atomic E-state index is -0.976. The molecule has 0 spiro atoms. The van der Waals surface area contributed by atoms with Crippen molar-refractivity contribution >= 4 is 22.6 Å². The van der Waals surface area contributed by atoms with Crippen LogP contribution < -0.4 is 10.9 Å². The number of benzene rings is 1. The number of fused-ring (bicyclic) bond motifs is 1. The zero-order chi connectivity index (χ0) is 14.0. The standard InChI is InChI=1S/C14H15NO4/c1-8(2)15-10-3-4-11-9(5-13(16)17)6-14(18)19-12(11)7-10/h3-4,6-8,15H,5H2,1-2H3,(H,16,17). The summed E-state index contributed by atoms with van der Waals surface area (Å²) in [5.41, 5.74) is 1.16. The summed E-state index contributed by atoms with van der Waals surface area (Å²) >= 11 is 0. The molecule has 5 heteroatoms. The van der Waals surface area contributed by atoms with Gasteiger partial charge in [-0.15, -0.1) is 0 Å². The molecule has 0 aliphatic heterocycles. The second kappa shape index (κ2) is 5.14. The van der Waals surface area contributed by atoms with Gasteiger partial charge in [0.25, 0.3) is 0 Å². The number of carbonyl (C=O) groups is 1. The van der Waals surface area contributed by atoms with Crippen LogP contribution in [-0.4, -0.2) is 17.1 Å². The first kappa shape index (κ1) is 13.1. The van der Waals surface area contributed by atoms with Crippen LogP contribution in [0.5, 0.6) is 0 Å². The maximum atomic E-state index is 11.4. The molecule has 5 nitrogen and oxygen atoms in total. The van der Waals surface area contributed by atoms with E-state index >= 15 is 0 Å². The van der Waals surface area contributed by atoms with Crippen molar-refractivity contribution in [3.8, 4) is 0 Å². The van der Waals surface area contributed by atoms with Crippen molar-refractivity contribution in [1.82, 2.24) is 0 Å². The predicted molar refractivity (Wildman–Crippen MR) is 72.6 cm³/mol. The highest BCUT2D eigenvalue weighted by molar-refractivity contribution is 5.86. The largest absolute Gasteiger partial charge is 0.481 e. The molecule has 0 saturated carbocycles. The fraction of sp³-hybridized carbons (Fsp3) is 0.286. The van der Waals surface area contributed by atoms with Crippen molar-refractivity contribution in [2.75, 3.05) is 5.32 Å². The highest BCUT2D eigenvalue weighted by Gasteiger charge is 2.10. The lowest BCUT2D eigenvalue weighted by Crippen LogP contribution is -2.10. The minimum absolute atomic E-state index is 0.195. The molecule has 19 heavy (non-hydrogen) atoms. The number of rotatable bonds is 4. The van der Waals surface area contributed by atoms with E-state index in [2.05, 4.69) is 5.32 Å². The summed E-state index contributed by atoms with van der Waals surface area (Å²) in [6, 6.07) is 6.80. The average molecular weight is 261 g/mol. The Bertz CT molecular complexity index is 673. The zero-order valence-corrected chi connectivity index (χ0v) is 10.8. The van der Waals surface area contributed by atoms with Gasteiger partial charge in [-0.3, -0.25) is 4.79 Å². The summed E-state index contributed by atoms with van der Waals surface area (Å²) in [6.07, 6.45) is -0.195. The van der Waals surface area contributed by atoms with Crippen molar-refractivity contribution in [1.29, 1.82) is 0 Å². The van der Waals surface area contributed by atoms with E-state index in [1.54, 1.807) is 12.1 Å². The molecular formula is C14H15NO4. The quantitative estimate of drug-likeness (QED) is 0.825. The molecule has 0 radical (unpaired) electrons. The first-order chi connectivity index (χ1) is 8.95. The molecule has 0 unspecified atom stereocenters. The number of aliphatic carboxylic acids is 1. The highest BCUT2D eigenvalue weighted by atomic mass is 16.4. The fourth-order valence-electron chi connectivity index (χ4n) is 1.96. The monoisotopic (exact) mass is 261 g/mol. The Hall–Kier alpha value is -2.30. The van der Waals surface area contributed by atoms with Gasteiger partial charge < -0.3 is 14.8 Å². The predicted octanol–water partition coefficient (Wildman–Crippen LogP) is 2.24. The summed E-state index contributed by atoms with van der Waals surface area (Å²) in [7, 11) is 0. The third kappa shape index (κ3) is 3.13. The zero-order valence-electron chi connectivity index (χ0n) is 10.8. The van der Waals surface area contributed by atoms with Crippen LogP contribution in [0, 0.1) is 0 Å². The average Bonchev–Trinajstić information content (AvgIpc) is 2.26. The van der Waals surface area contributed by atoms with Crippen LogP contribution in [0.25, 0.3) is 11.0 Å². The number of nitrogens with one attached hydrogen (secondary N) is 1. The van der Waals surface area contributed by atoms with E-state index in [-0.39, 0.29) is 12.5 Å². The molecule has 1 aromatic heterocycles. The minimum Gasteiger partial charge on any atom is -0.481 e. The van der Waals surface area contributed by atoms with Gasteiger partial charge in [0.05, 0.1) is 6.42 Å². The smallest absolute Gasteiger partial charge is 0.336 e. The summed E-state index contributed by atoms with van der Waals surface area (Å²) in [5.74, 6) is -0.976. The van der Waals surface area contributed by atoms with E-state index in [1.807, 2.05) is 19.9 Å². The summed E-state index contributed by atoms with van der Waals surface area (Å²) in [5, 5.41) is 12.7. The van der Waals surface area contributed by atoms with Crippen molar-refractivity contribution in [2.45, 2.75) is 26.3 Å². The fourth-order valence-corrected chi connectivity index (χ4v) is 1.96. The van der Waals surface area contributed by atoms with E-state index < -0.39 is 11.6 Å². The molecule has 2 rings (SSSR count). The molecule has 2 N–H and O–H groups in total. The Morgan fingerprint density at radius 1 is 1.37 bits per heavy atom. The summed E-state index contributed by atoms with van der Waals surface area (Å²) < 4.78 is 5.12. The Balaban J connectivity index is 2.54. The van der Waals surface area contributed by atoms with Gasteiger partial charge in [0, 0.05) is 29.2 Å². The molecule has 0 atom stereocenters. The Morgan fingerprint density at radius 2 is 2.11 bits per heavy atom. The molecule has 0 amide bonds. The second-order valence-electron chi connectivity index (χ2n) is 4.67. The molecule has 0 bridgehead atoms. The maximum Gasteiger partial charge on any atom is 0.336 e. The Morgan fingerprint density at radius 3 is 2.74 bits per heavy atom. The van der Waals surface area contributed by atoms with Crippen LogP contribution in [0.2, 0.25) is 0 Å². The number of carboxylic acid groups (broad SMARTS) is 1. The lowest BCUT2D eigenvalue weighted by molar-refractivity contribution is -0.136. The van der Waals surface area contributed by atoms with E-state index in [0.29, 0.717) is 16.5 Å². The van der Waals surface area contributed by atoms with Crippen LogP contribution in [0.4, 0.5) is 5.69 Å². The number of carboxylic acids is 1. The molecule has 100 valence electrons. The lowest BCUT2D eigenvalue weighted by Gasteiger charge is -2.11. The van der Waals surface area contributed by atoms with Crippen LogP contribution >= 0.6 is 0 Å². The van der Waals surface area contributed by atoms with Crippen LogP contribution in [-0.2, 0) is 11.2 Å². The highest BCUT2D eigenvalue weighted by Crippen LogP contribution is 2.22. The van der Waals surface area contributed by atoms with Gasteiger partial charge in [-0.1, -0.05) is 0 Å². The van der Waals surface area contributed by atoms with Gasteiger partial charge in [-0.25, -0.2) is 4.79 Å². The maximum absolute atomic E-state index is 11.4. The van der Waals surface area contributed by atoms with Crippen LogP contribution in [0.1, 0.15) is 19.4 Å². The summed E-state index contributed by atoms with van der Waals surface area (Å²) in [4.78, 5) is 22.2. The van der Waals surface area contributed by atoms with E-state index in [1.165, 1.54) is 6.07 Å².